The van der Waals surface area contributed by atoms with Crippen molar-refractivity contribution in [2.24, 2.45) is 5.10 Å². The fraction of sp³-hybridized carbons (Fsp3) is 0.118. The first-order chi connectivity index (χ1) is 11.5. The Morgan fingerprint density at radius 3 is 2.29 bits per heavy atom. The van der Waals surface area contributed by atoms with Crippen molar-refractivity contribution in [1.82, 2.24) is 5.43 Å². The van der Waals surface area contributed by atoms with E-state index in [1.165, 1.54) is 26.5 Å². The number of carboxylic acids is 1. The minimum Gasteiger partial charge on any atom is -0.497 e. The molecule has 24 heavy (non-hydrogen) atoms. The van der Waals surface area contributed by atoms with Crippen LogP contribution >= 0.6 is 0 Å². The quantitative estimate of drug-likeness (QED) is 0.625. The predicted octanol–water partition coefficient (Wildman–Crippen LogP) is 2.17. The number of hydrogen-bond donors (Lipinski definition) is 2. The smallest absolute Gasteiger partial charge is 0.336 e. The zero-order valence-electron chi connectivity index (χ0n) is 13.1. The van der Waals surface area contributed by atoms with E-state index in [0.717, 1.165) is 0 Å². The molecule has 0 aliphatic rings. The number of nitrogens with zero attached hydrogens (tertiary/aromatic N) is 1. The van der Waals surface area contributed by atoms with Crippen LogP contribution in [0, 0.1) is 0 Å². The van der Waals surface area contributed by atoms with Crippen LogP contribution in [0.3, 0.4) is 0 Å². The third-order valence-electron chi connectivity index (χ3n) is 3.17. The molecular weight excluding hydrogens is 312 g/mol. The van der Waals surface area contributed by atoms with Gasteiger partial charge in [0.25, 0.3) is 5.91 Å². The number of hydrazone groups is 1. The largest absolute Gasteiger partial charge is 0.497 e. The van der Waals surface area contributed by atoms with Crippen LogP contribution in [-0.4, -0.2) is 37.4 Å². The van der Waals surface area contributed by atoms with Gasteiger partial charge in [0, 0.05) is 17.2 Å². The lowest BCUT2D eigenvalue weighted by Gasteiger charge is -2.07. The second kappa shape index (κ2) is 7.77. The summed E-state index contributed by atoms with van der Waals surface area (Å²) in [6.07, 6.45) is 1.28. The molecule has 0 spiro atoms. The molecule has 2 N–H and O–H groups in total. The summed E-state index contributed by atoms with van der Waals surface area (Å²) in [5.41, 5.74) is 3.12. The molecule has 0 bridgehead atoms. The average molecular weight is 328 g/mol. The number of ether oxygens (including phenoxy) is 2. The maximum atomic E-state index is 12.1. The van der Waals surface area contributed by atoms with Gasteiger partial charge in [0.05, 0.1) is 26.0 Å². The van der Waals surface area contributed by atoms with Crippen LogP contribution < -0.4 is 14.9 Å². The Morgan fingerprint density at radius 2 is 1.71 bits per heavy atom. The Hall–Kier alpha value is -3.35. The van der Waals surface area contributed by atoms with E-state index in [1.54, 1.807) is 36.4 Å². The molecule has 0 saturated heterocycles. The Labute approximate surface area is 138 Å². The monoisotopic (exact) mass is 328 g/mol. The van der Waals surface area contributed by atoms with Gasteiger partial charge in [0.15, 0.2) is 0 Å². The molecule has 0 aliphatic heterocycles. The van der Waals surface area contributed by atoms with Gasteiger partial charge in [-0.3, -0.25) is 4.79 Å². The van der Waals surface area contributed by atoms with E-state index in [0.29, 0.717) is 22.6 Å². The molecule has 0 heterocycles. The minimum absolute atomic E-state index is 0.0959. The summed E-state index contributed by atoms with van der Waals surface area (Å²) >= 11 is 0. The number of hydrogen-bond acceptors (Lipinski definition) is 5. The highest BCUT2D eigenvalue weighted by atomic mass is 16.5. The van der Waals surface area contributed by atoms with E-state index in [2.05, 4.69) is 10.5 Å². The van der Waals surface area contributed by atoms with Crippen molar-refractivity contribution in [2.45, 2.75) is 0 Å². The van der Waals surface area contributed by atoms with Gasteiger partial charge in [-0.05, 0) is 18.2 Å². The number of carboxylic acid groups (broad SMARTS) is 1. The van der Waals surface area contributed by atoms with Crippen LogP contribution in [0.15, 0.2) is 47.6 Å². The van der Waals surface area contributed by atoms with Crippen LogP contribution in [0.5, 0.6) is 11.5 Å². The summed E-state index contributed by atoms with van der Waals surface area (Å²) < 4.78 is 10.2. The molecule has 0 atom stereocenters. The molecule has 2 aromatic rings. The molecule has 2 rings (SSSR count). The second-order valence-corrected chi connectivity index (χ2v) is 4.69. The number of methoxy groups -OCH3 is 2. The van der Waals surface area contributed by atoms with Crippen molar-refractivity contribution in [3.05, 3.63) is 59.2 Å². The van der Waals surface area contributed by atoms with Crippen molar-refractivity contribution in [3.63, 3.8) is 0 Å². The van der Waals surface area contributed by atoms with E-state index in [9.17, 15) is 9.59 Å². The minimum atomic E-state index is -1.07. The first-order valence-corrected chi connectivity index (χ1v) is 6.94. The van der Waals surface area contributed by atoms with E-state index in [1.807, 2.05) is 0 Å². The number of carbonyl (C=O) groups excluding carboxylic acids is 1. The zero-order valence-corrected chi connectivity index (χ0v) is 13.1. The summed E-state index contributed by atoms with van der Waals surface area (Å²) in [4.78, 5) is 23.2. The summed E-state index contributed by atoms with van der Waals surface area (Å²) in [5, 5.41) is 12.9. The van der Waals surface area contributed by atoms with Crippen molar-refractivity contribution in [2.75, 3.05) is 14.2 Å². The first kappa shape index (κ1) is 17.0. The van der Waals surface area contributed by atoms with Crippen molar-refractivity contribution in [1.29, 1.82) is 0 Å². The average Bonchev–Trinajstić information content (AvgIpc) is 2.61. The molecule has 0 fully saturated rings. The lowest BCUT2D eigenvalue weighted by Crippen LogP contribution is -2.18. The predicted molar refractivity (Wildman–Crippen MR) is 88.0 cm³/mol. The molecule has 0 aromatic heterocycles. The molecule has 0 saturated carbocycles. The molecule has 0 aliphatic carbocycles. The lowest BCUT2D eigenvalue weighted by molar-refractivity contribution is 0.0696. The fourth-order valence-corrected chi connectivity index (χ4v) is 1.97. The van der Waals surface area contributed by atoms with Crippen LogP contribution in [0.4, 0.5) is 0 Å². The Kier molecular flexibility index (Phi) is 5.51. The van der Waals surface area contributed by atoms with Crippen molar-refractivity contribution < 1.29 is 24.2 Å². The highest BCUT2D eigenvalue weighted by Crippen LogP contribution is 2.22. The Bertz CT molecular complexity index is 764. The summed E-state index contributed by atoms with van der Waals surface area (Å²) in [7, 11) is 2.97. The number of carbonyl (C=O) groups is 2. The van der Waals surface area contributed by atoms with Gasteiger partial charge in [-0.25, -0.2) is 10.2 Å². The highest BCUT2D eigenvalue weighted by Gasteiger charge is 2.10. The molecule has 7 heteroatoms. The van der Waals surface area contributed by atoms with Crippen LogP contribution in [-0.2, 0) is 0 Å². The molecule has 0 unspecified atom stereocenters. The van der Waals surface area contributed by atoms with E-state index in [4.69, 9.17) is 14.6 Å². The SMILES string of the molecule is COc1cc(OC)cc(C(=O)N/N=C/c2ccccc2C(=O)O)c1. The Balaban J connectivity index is 2.15. The third-order valence-corrected chi connectivity index (χ3v) is 3.17. The molecule has 1 amide bonds. The van der Waals surface area contributed by atoms with E-state index < -0.39 is 11.9 Å². The summed E-state index contributed by atoms with van der Waals surface area (Å²) in [6, 6.07) is 11.1. The second-order valence-electron chi connectivity index (χ2n) is 4.69. The van der Waals surface area contributed by atoms with E-state index >= 15 is 0 Å². The summed E-state index contributed by atoms with van der Waals surface area (Å²) in [5.74, 6) is -0.600. The highest BCUT2D eigenvalue weighted by molar-refractivity contribution is 5.99. The third kappa shape index (κ3) is 4.10. The van der Waals surface area contributed by atoms with Crippen LogP contribution in [0.25, 0.3) is 0 Å². The van der Waals surface area contributed by atoms with Gasteiger partial charge in [0.2, 0.25) is 0 Å². The maximum Gasteiger partial charge on any atom is 0.336 e. The molecule has 7 nitrogen and oxygen atoms in total. The number of amides is 1. The summed E-state index contributed by atoms with van der Waals surface area (Å²) in [6.45, 7) is 0. The topological polar surface area (TPSA) is 97.2 Å². The number of aromatic carboxylic acids is 1. The van der Waals surface area contributed by atoms with Crippen LogP contribution in [0.2, 0.25) is 0 Å². The fourth-order valence-electron chi connectivity index (χ4n) is 1.97. The maximum absolute atomic E-state index is 12.1. The number of rotatable bonds is 6. The molecule has 124 valence electrons. The first-order valence-electron chi connectivity index (χ1n) is 6.94. The van der Waals surface area contributed by atoms with Gasteiger partial charge < -0.3 is 14.6 Å². The number of nitrogens with one attached hydrogen (secondary N) is 1. The molecule has 0 radical (unpaired) electrons. The van der Waals surface area contributed by atoms with Gasteiger partial charge in [0.1, 0.15) is 11.5 Å². The normalized spacial score (nSPS) is 10.4. The van der Waals surface area contributed by atoms with Gasteiger partial charge in [-0.1, -0.05) is 18.2 Å². The molecular formula is C17H16N2O5. The van der Waals surface area contributed by atoms with E-state index in [-0.39, 0.29) is 5.56 Å². The van der Waals surface area contributed by atoms with Gasteiger partial charge in [-0.2, -0.15) is 5.10 Å². The van der Waals surface area contributed by atoms with Gasteiger partial charge >= 0.3 is 5.97 Å². The van der Waals surface area contributed by atoms with Crippen molar-refractivity contribution in [3.8, 4) is 11.5 Å². The zero-order chi connectivity index (χ0) is 17.5. The Morgan fingerprint density at radius 1 is 1.08 bits per heavy atom. The standard InChI is InChI=1S/C17H16N2O5/c1-23-13-7-12(8-14(9-13)24-2)16(20)19-18-10-11-5-3-4-6-15(11)17(21)22/h3-10H,1-2H3,(H,19,20)(H,21,22)/b18-10+. The van der Waals surface area contributed by atoms with Gasteiger partial charge in [-0.15, -0.1) is 0 Å². The number of benzene rings is 2. The van der Waals surface area contributed by atoms with Crippen LogP contribution in [0.1, 0.15) is 26.3 Å². The van der Waals surface area contributed by atoms with Crippen molar-refractivity contribution >= 4 is 18.1 Å². The lowest BCUT2D eigenvalue weighted by atomic mass is 10.1. The molecule has 2 aromatic carbocycles.